The predicted octanol–water partition coefficient (Wildman–Crippen LogP) is 4.79. The second-order valence-corrected chi connectivity index (χ2v) is 4.45. The van der Waals surface area contributed by atoms with Gasteiger partial charge in [-0.15, -0.1) is 0 Å². The van der Waals surface area contributed by atoms with Crippen molar-refractivity contribution >= 4 is 5.69 Å². The molecule has 1 N–H and O–H groups in total. The summed E-state index contributed by atoms with van der Waals surface area (Å²) in [6.45, 7) is 4.00. The number of anilines is 1. The number of hydrogen-bond donors (Lipinski definition) is 1. The van der Waals surface area contributed by atoms with Crippen LogP contribution in [0.1, 0.15) is 45.1 Å². The number of unbranched alkanes of at least 4 members (excludes halogenated alkanes) is 3. The van der Waals surface area contributed by atoms with Crippen molar-refractivity contribution in [3.05, 3.63) is 29.8 Å². The third-order valence-corrected chi connectivity index (χ3v) is 2.75. The molecule has 1 nitrogen and oxygen atoms in total. The van der Waals surface area contributed by atoms with Crippen LogP contribution in [0.2, 0.25) is 0 Å². The van der Waals surface area contributed by atoms with E-state index in [9.17, 15) is 8.78 Å². The first kappa shape index (κ1) is 13.9. The van der Waals surface area contributed by atoms with Crippen LogP contribution >= 0.6 is 0 Å². The van der Waals surface area contributed by atoms with E-state index in [4.69, 9.17) is 0 Å². The molecule has 0 atom stereocenters. The van der Waals surface area contributed by atoms with Gasteiger partial charge in [0.15, 0.2) is 0 Å². The Morgan fingerprint density at radius 1 is 1.06 bits per heavy atom. The Morgan fingerprint density at radius 3 is 2.24 bits per heavy atom. The Labute approximate surface area is 102 Å². The summed E-state index contributed by atoms with van der Waals surface area (Å²) in [7, 11) is 0. The normalized spacial score (nSPS) is 11.5. The van der Waals surface area contributed by atoms with Crippen molar-refractivity contribution in [2.45, 2.75) is 45.5 Å². The molecule has 0 spiro atoms. The zero-order chi connectivity index (χ0) is 12.7. The summed E-state index contributed by atoms with van der Waals surface area (Å²) in [5, 5.41) is 3.24. The van der Waals surface area contributed by atoms with Gasteiger partial charge >= 0.3 is 0 Å². The molecule has 0 radical (unpaired) electrons. The lowest BCUT2D eigenvalue weighted by Gasteiger charge is -2.12. The minimum atomic E-state index is -2.75. The highest BCUT2D eigenvalue weighted by Crippen LogP contribution is 2.27. The molecule has 0 aromatic heterocycles. The maximum Gasteiger partial charge on any atom is 0.270 e. The molecular formula is C14H21F2N. The first-order chi connectivity index (χ1) is 8.04. The molecule has 0 saturated heterocycles. The monoisotopic (exact) mass is 241 g/mol. The molecular weight excluding hydrogens is 220 g/mol. The highest BCUT2D eigenvalue weighted by Gasteiger charge is 2.23. The Bertz CT molecular complexity index is 314. The lowest BCUT2D eigenvalue weighted by Crippen LogP contribution is -2.07. The highest BCUT2D eigenvalue weighted by atomic mass is 19.3. The van der Waals surface area contributed by atoms with Crippen molar-refractivity contribution in [1.82, 2.24) is 0 Å². The van der Waals surface area contributed by atoms with Crippen LogP contribution in [-0.2, 0) is 5.92 Å². The van der Waals surface area contributed by atoms with Gasteiger partial charge in [0.05, 0.1) is 0 Å². The van der Waals surface area contributed by atoms with Crippen LogP contribution in [0.5, 0.6) is 0 Å². The molecule has 96 valence electrons. The highest BCUT2D eigenvalue weighted by molar-refractivity contribution is 5.45. The Kier molecular flexibility index (Phi) is 5.39. The number of hydrogen-bond acceptors (Lipinski definition) is 1. The van der Waals surface area contributed by atoms with E-state index >= 15 is 0 Å². The molecule has 1 aromatic rings. The Hall–Kier alpha value is -1.12. The van der Waals surface area contributed by atoms with Crippen LogP contribution in [0.4, 0.5) is 14.5 Å². The molecule has 0 amide bonds. The third-order valence-electron chi connectivity index (χ3n) is 2.75. The fourth-order valence-electron chi connectivity index (χ4n) is 1.67. The van der Waals surface area contributed by atoms with Crippen LogP contribution in [0, 0.1) is 0 Å². The summed E-state index contributed by atoms with van der Waals surface area (Å²) in [4.78, 5) is 0. The number of nitrogens with one attached hydrogen (secondary N) is 1. The molecule has 0 bridgehead atoms. The zero-order valence-electron chi connectivity index (χ0n) is 10.6. The first-order valence-corrected chi connectivity index (χ1v) is 6.26. The van der Waals surface area contributed by atoms with Gasteiger partial charge in [0, 0.05) is 24.7 Å². The van der Waals surface area contributed by atoms with Gasteiger partial charge in [-0.25, -0.2) is 8.78 Å². The lowest BCUT2D eigenvalue weighted by atomic mass is 10.1. The maximum absolute atomic E-state index is 13.0. The smallest absolute Gasteiger partial charge is 0.270 e. The fraction of sp³-hybridized carbons (Fsp3) is 0.571. The maximum atomic E-state index is 13.0. The van der Waals surface area contributed by atoms with Crippen LogP contribution < -0.4 is 5.32 Å². The van der Waals surface area contributed by atoms with Crippen molar-refractivity contribution in [2.24, 2.45) is 0 Å². The topological polar surface area (TPSA) is 12.0 Å². The number of rotatable bonds is 7. The number of alkyl halides is 2. The van der Waals surface area contributed by atoms with E-state index in [0.29, 0.717) is 0 Å². The molecule has 0 heterocycles. The van der Waals surface area contributed by atoms with Crippen molar-refractivity contribution in [3.63, 3.8) is 0 Å². The third kappa shape index (κ3) is 5.16. The number of benzene rings is 1. The van der Waals surface area contributed by atoms with Gasteiger partial charge in [0.1, 0.15) is 0 Å². The first-order valence-electron chi connectivity index (χ1n) is 6.26. The summed E-state index contributed by atoms with van der Waals surface area (Å²) in [5.41, 5.74) is 0.975. The van der Waals surface area contributed by atoms with Crippen molar-refractivity contribution in [2.75, 3.05) is 11.9 Å². The number of halogens is 2. The summed E-state index contributed by atoms with van der Waals surface area (Å²) < 4.78 is 25.9. The van der Waals surface area contributed by atoms with E-state index in [1.54, 1.807) is 12.1 Å². The molecule has 0 aliphatic heterocycles. The molecule has 0 fully saturated rings. The quantitative estimate of drug-likeness (QED) is 0.677. The standard InChI is InChI=1S/C14H21F2N/c1-3-4-5-6-11-17-13-9-7-12(8-10-13)14(2,15)16/h7-10,17H,3-6,11H2,1-2H3. The minimum absolute atomic E-state index is 0.0639. The second-order valence-electron chi connectivity index (χ2n) is 4.45. The molecule has 17 heavy (non-hydrogen) atoms. The van der Waals surface area contributed by atoms with Gasteiger partial charge < -0.3 is 5.32 Å². The Morgan fingerprint density at radius 2 is 1.71 bits per heavy atom. The van der Waals surface area contributed by atoms with Gasteiger partial charge in [0.25, 0.3) is 5.92 Å². The van der Waals surface area contributed by atoms with E-state index in [0.717, 1.165) is 25.6 Å². The molecule has 0 unspecified atom stereocenters. The largest absolute Gasteiger partial charge is 0.385 e. The van der Waals surface area contributed by atoms with Crippen molar-refractivity contribution in [3.8, 4) is 0 Å². The van der Waals surface area contributed by atoms with Crippen molar-refractivity contribution in [1.29, 1.82) is 0 Å². The van der Waals surface area contributed by atoms with E-state index < -0.39 is 5.92 Å². The lowest BCUT2D eigenvalue weighted by molar-refractivity contribution is 0.0175. The second kappa shape index (κ2) is 6.58. The van der Waals surface area contributed by atoms with Gasteiger partial charge in [-0.2, -0.15) is 0 Å². The van der Waals surface area contributed by atoms with Gasteiger partial charge in [-0.1, -0.05) is 38.3 Å². The summed E-state index contributed by atoms with van der Waals surface area (Å²) in [6.07, 6.45) is 4.82. The molecule has 1 aromatic carbocycles. The van der Waals surface area contributed by atoms with Gasteiger partial charge in [-0.05, 0) is 18.6 Å². The van der Waals surface area contributed by atoms with E-state index in [-0.39, 0.29) is 5.56 Å². The van der Waals surface area contributed by atoms with Crippen molar-refractivity contribution < 1.29 is 8.78 Å². The summed E-state index contributed by atoms with van der Waals surface area (Å²) >= 11 is 0. The van der Waals surface area contributed by atoms with Crippen LogP contribution in [0.3, 0.4) is 0 Å². The van der Waals surface area contributed by atoms with Gasteiger partial charge in [0.2, 0.25) is 0 Å². The molecule has 0 aliphatic carbocycles. The van der Waals surface area contributed by atoms with Crippen LogP contribution in [-0.4, -0.2) is 6.54 Å². The van der Waals surface area contributed by atoms with E-state index in [1.165, 1.54) is 31.4 Å². The predicted molar refractivity (Wildman–Crippen MR) is 68.6 cm³/mol. The minimum Gasteiger partial charge on any atom is -0.385 e. The summed E-state index contributed by atoms with van der Waals surface area (Å²) in [6, 6.07) is 6.39. The molecule has 1 rings (SSSR count). The fourth-order valence-corrected chi connectivity index (χ4v) is 1.67. The van der Waals surface area contributed by atoms with Crippen LogP contribution in [0.25, 0.3) is 0 Å². The zero-order valence-corrected chi connectivity index (χ0v) is 10.6. The van der Waals surface area contributed by atoms with Gasteiger partial charge in [-0.3, -0.25) is 0 Å². The van der Waals surface area contributed by atoms with E-state index in [1.807, 2.05) is 0 Å². The average Bonchev–Trinajstić information content (AvgIpc) is 2.28. The molecule has 3 heteroatoms. The molecule has 0 aliphatic rings. The Balaban J connectivity index is 2.36. The average molecular weight is 241 g/mol. The molecule has 0 saturated carbocycles. The van der Waals surface area contributed by atoms with Crippen LogP contribution in [0.15, 0.2) is 24.3 Å². The SMILES string of the molecule is CCCCCCNc1ccc(C(C)(F)F)cc1. The van der Waals surface area contributed by atoms with E-state index in [2.05, 4.69) is 12.2 Å². The summed E-state index contributed by atoms with van der Waals surface area (Å²) in [5.74, 6) is -2.75.